The lowest BCUT2D eigenvalue weighted by Gasteiger charge is -2.11. The van der Waals surface area contributed by atoms with Gasteiger partial charge in [-0.1, -0.05) is 6.92 Å². The van der Waals surface area contributed by atoms with Gasteiger partial charge in [0, 0.05) is 19.0 Å². The van der Waals surface area contributed by atoms with Crippen molar-refractivity contribution < 1.29 is 4.79 Å². The summed E-state index contributed by atoms with van der Waals surface area (Å²) in [6.45, 7) is 3.01. The van der Waals surface area contributed by atoms with Crippen LogP contribution in [0, 0.1) is 5.92 Å². The van der Waals surface area contributed by atoms with Crippen LogP contribution in [0.15, 0.2) is 16.8 Å². The molecule has 0 fully saturated rings. The van der Waals surface area contributed by atoms with Gasteiger partial charge in [0.05, 0.1) is 0 Å². The van der Waals surface area contributed by atoms with Crippen LogP contribution in [0.4, 0.5) is 0 Å². The van der Waals surface area contributed by atoms with E-state index in [4.69, 9.17) is 5.73 Å². The maximum atomic E-state index is 11.5. The number of hydrogen-bond donors (Lipinski definition) is 2. The van der Waals surface area contributed by atoms with Crippen LogP contribution in [0.3, 0.4) is 0 Å². The summed E-state index contributed by atoms with van der Waals surface area (Å²) in [6.07, 6.45) is 0.798. The summed E-state index contributed by atoms with van der Waals surface area (Å²) in [7, 11) is 0. The Morgan fingerprint density at radius 3 is 3.00 bits per heavy atom. The minimum atomic E-state index is -0.0476. The van der Waals surface area contributed by atoms with Crippen molar-refractivity contribution in [1.82, 2.24) is 5.32 Å². The van der Waals surface area contributed by atoms with Crippen LogP contribution in [-0.2, 0) is 11.3 Å². The van der Waals surface area contributed by atoms with Gasteiger partial charge in [0.1, 0.15) is 0 Å². The number of nitrogens with two attached hydrogens (primary N) is 1. The highest BCUT2D eigenvalue weighted by molar-refractivity contribution is 7.07. The van der Waals surface area contributed by atoms with Crippen LogP contribution in [0.1, 0.15) is 18.9 Å². The molecule has 1 aromatic rings. The third-order valence-corrected chi connectivity index (χ3v) is 2.93. The molecular formula is C10H16N2OS. The molecule has 0 aromatic carbocycles. The van der Waals surface area contributed by atoms with Gasteiger partial charge in [0.2, 0.25) is 5.91 Å². The fourth-order valence-electron chi connectivity index (χ4n) is 1.19. The van der Waals surface area contributed by atoms with Crippen molar-refractivity contribution >= 4 is 17.2 Å². The Kier molecular flexibility index (Phi) is 4.62. The number of amides is 1. The lowest BCUT2D eigenvalue weighted by atomic mass is 10.1. The zero-order valence-electron chi connectivity index (χ0n) is 8.32. The summed E-state index contributed by atoms with van der Waals surface area (Å²) in [5.41, 5.74) is 6.62. The van der Waals surface area contributed by atoms with Gasteiger partial charge in [-0.05, 0) is 28.8 Å². The largest absolute Gasteiger partial charge is 0.352 e. The molecule has 4 heteroatoms. The molecule has 0 radical (unpaired) electrons. The molecule has 0 bridgehead atoms. The molecular weight excluding hydrogens is 196 g/mol. The maximum Gasteiger partial charge on any atom is 0.224 e. The molecule has 1 atom stereocenters. The summed E-state index contributed by atoms with van der Waals surface area (Å²) in [5, 5.41) is 6.91. The van der Waals surface area contributed by atoms with Crippen molar-refractivity contribution in [3.8, 4) is 0 Å². The molecule has 78 valence electrons. The molecule has 14 heavy (non-hydrogen) atoms. The van der Waals surface area contributed by atoms with Gasteiger partial charge in [-0.3, -0.25) is 4.79 Å². The van der Waals surface area contributed by atoms with Gasteiger partial charge < -0.3 is 11.1 Å². The second-order valence-corrected chi connectivity index (χ2v) is 3.97. The molecule has 1 rings (SSSR count). The van der Waals surface area contributed by atoms with Crippen LogP contribution in [0.25, 0.3) is 0 Å². The highest BCUT2D eigenvalue weighted by atomic mass is 32.1. The predicted molar refractivity (Wildman–Crippen MR) is 59.0 cm³/mol. The highest BCUT2D eigenvalue weighted by Crippen LogP contribution is 2.06. The molecule has 0 saturated carbocycles. The molecule has 0 aliphatic carbocycles. The van der Waals surface area contributed by atoms with Gasteiger partial charge in [0.15, 0.2) is 0 Å². The lowest BCUT2D eigenvalue weighted by Crippen LogP contribution is -2.34. The summed E-state index contributed by atoms with van der Waals surface area (Å²) in [5.74, 6) is 0.00911. The number of carbonyl (C=O) groups is 1. The molecule has 1 aromatic heterocycles. The van der Waals surface area contributed by atoms with Crippen LogP contribution >= 0.6 is 11.3 Å². The quantitative estimate of drug-likeness (QED) is 0.774. The number of carbonyl (C=O) groups excluding carboxylic acids is 1. The van der Waals surface area contributed by atoms with E-state index in [2.05, 4.69) is 5.32 Å². The first-order valence-electron chi connectivity index (χ1n) is 4.76. The molecule has 1 heterocycles. The van der Waals surface area contributed by atoms with E-state index in [9.17, 15) is 4.79 Å². The second-order valence-electron chi connectivity index (χ2n) is 3.19. The van der Waals surface area contributed by atoms with E-state index in [0.29, 0.717) is 13.1 Å². The zero-order chi connectivity index (χ0) is 10.4. The highest BCUT2D eigenvalue weighted by Gasteiger charge is 2.13. The number of hydrogen-bond acceptors (Lipinski definition) is 3. The van der Waals surface area contributed by atoms with E-state index in [-0.39, 0.29) is 11.8 Å². The summed E-state index contributed by atoms with van der Waals surface area (Å²) >= 11 is 1.64. The minimum absolute atomic E-state index is 0.0476. The van der Waals surface area contributed by atoms with Gasteiger partial charge in [0.25, 0.3) is 0 Å². The molecule has 0 aliphatic heterocycles. The number of thiophene rings is 1. The molecule has 1 unspecified atom stereocenters. The zero-order valence-corrected chi connectivity index (χ0v) is 9.14. The van der Waals surface area contributed by atoms with Gasteiger partial charge >= 0.3 is 0 Å². The van der Waals surface area contributed by atoms with E-state index in [1.165, 1.54) is 0 Å². The molecule has 3 N–H and O–H groups in total. The molecule has 3 nitrogen and oxygen atoms in total. The molecule has 0 spiro atoms. The molecule has 0 saturated heterocycles. The standard InChI is InChI=1S/C10H16N2OS/c1-2-9(5-11)10(13)12-6-8-3-4-14-7-8/h3-4,7,9H,2,5-6,11H2,1H3,(H,12,13). The Morgan fingerprint density at radius 2 is 2.50 bits per heavy atom. The van der Waals surface area contributed by atoms with E-state index in [1.807, 2.05) is 23.8 Å². The van der Waals surface area contributed by atoms with Crippen LogP contribution in [0.2, 0.25) is 0 Å². The number of rotatable bonds is 5. The molecule has 0 aliphatic rings. The average Bonchev–Trinajstić information content (AvgIpc) is 2.69. The summed E-state index contributed by atoms with van der Waals surface area (Å²) in [6, 6.07) is 2.01. The van der Waals surface area contributed by atoms with Crippen LogP contribution in [-0.4, -0.2) is 12.5 Å². The monoisotopic (exact) mass is 212 g/mol. The normalized spacial score (nSPS) is 12.4. The maximum absolute atomic E-state index is 11.5. The van der Waals surface area contributed by atoms with Crippen LogP contribution in [0.5, 0.6) is 0 Å². The SMILES string of the molecule is CCC(CN)C(=O)NCc1ccsc1. The smallest absolute Gasteiger partial charge is 0.224 e. The fourth-order valence-corrected chi connectivity index (χ4v) is 1.85. The van der Waals surface area contributed by atoms with E-state index in [0.717, 1.165) is 12.0 Å². The van der Waals surface area contributed by atoms with Gasteiger partial charge in [-0.15, -0.1) is 0 Å². The first-order chi connectivity index (χ1) is 6.77. The fraction of sp³-hybridized carbons (Fsp3) is 0.500. The lowest BCUT2D eigenvalue weighted by molar-refractivity contribution is -0.124. The first kappa shape index (κ1) is 11.2. The van der Waals surface area contributed by atoms with Crippen molar-refractivity contribution in [2.24, 2.45) is 11.7 Å². The van der Waals surface area contributed by atoms with Crippen molar-refractivity contribution in [3.05, 3.63) is 22.4 Å². The Bertz CT molecular complexity index is 268. The summed E-state index contributed by atoms with van der Waals surface area (Å²) < 4.78 is 0. The third kappa shape index (κ3) is 3.12. The third-order valence-electron chi connectivity index (χ3n) is 2.19. The minimum Gasteiger partial charge on any atom is -0.352 e. The van der Waals surface area contributed by atoms with E-state index in [1.54, 1.807) is 11.3 Å². The topological polar surface area (TPSA) is 55.1 Å². The number of nitrogens with one attached hydrogen (secondary N) is 1. The van der Waals surface area contributed by atoms with Crippen LogP contribution < -0.4 is 11.1 Å². The first-order valence-corrected chi connectivity index (χ1v) is 5.71. The van der Waals surface area contributed by atoms with Gasteiger partial charge in [-0.25, -0.2) is 0 Å². The Hall–Kier alpha value is -0.870. The van der Waals surface area contributed by atoms with Gasteiger partial charge in [-0.2, -0.15) is 11.3 Å². The van der Waals surface area contributed by atoms with E-state index >= 15 is 0 Å². The summed E-state index contributed by atoms with van der Waals surface area (Å²) in [4.78, 5) is 11.5. The Balaban J connectivity index is 2.34. The molecule has 1 amide bonds. The van der Waals surface area contributed by atoms with E-state index < -0.39 is 0 Å². The predicted octanol–water partition coefficient (Wildman–Crippen LogP) is 1.35. The average molecular weight is 212 g/mol. The second kappa shape index (κ2) is 5.78. The van der Waals surface area contributed by atoms with Crippen molar-refractivity contribution in [2.45, 2.75) is 19.9 Å². The van der Waals surface area contributed by atoms with Crippen molar-refractivity contribution in [3.63, 3.8) is 0 Å². The Morgan fingerprint density at radius 1 is 1.71 bits per heavy atom. The Labute approximate surface area is 88.3 Å². The van der Waals surface area contributed by atoms with Crippen molar-refractivity contribution in [1.29, 1.82) is 0 Å². The van der Waals surface area contributed by atoms with Crippen molar-refractivity contribution in [2.75, 3.05) is 6.54 Å².